The largest absolute Gasteiger partial charge is 0.496 e. The summed E-state index contributed by atoms with van der Waals surface area (Å²) in [5.41, 5.74) is 4.54. The molecule has 6 aromatic rings. The van der Waals surface area contributed by atoms with Crippen LogP contribution in [-0.2, 0) is 29.2 Å². The average Bonchev–Trinajstić information content (AvgIpc) is 4.17. The summed E-state index contributed by atoms with van der Waals surface area (Å²) < 4.78 is 41.6. The number of hydrogen-bond acceptors (Lipinski definition) is 12. The monoisotopic (exact) mass is 1030 g/mol. The number of thiazole rings is 1. The number of fused-ring (bicyclic) bond motifs is 5. The van der Waals surface area contributed by atoms with Crippen molar-refractivity contribution in [3.63, 3.8) is 0 Å². The van der Waals surface area contributed by atoms with Crippen LogP contribution in [0.4, 0.5) is 14.0 Å². The van der Waals surface area contributed by atoms with Gasteiger partial charge in [0.25, 0.3) is 0 Å². The van der Waals surface area contributed by atoms with E-state index in [1.165, 1.54) is 20.3 Å². The maximum absolute atomic E-state index is 17.0. The molecule has 1 saturated carbocycles. The summed E-state index contributed by atoms with van der Waals surface area (Å²) in [5, 5.41) is 7.41. The smallest absolute Gasteiger partial charge is 0.407 e. The Morgan fingerprint density at radius 1 is 0.851 bits per heavy atom. The number of benzene rings is 2. The number of methoxy groups -OCH3 is 2. The first-order valence-electron chi connectivity index (χ1n) is 25.5. The van der Waals surface area contributed by atoms with Gasteiger partial charge in [-0.2, -0.15) is 0 Å². The molecule has 2 saturated heterocycles. The van der Waals surface area contributed by atoms with Gasteiger partial charge in [0.05, 0.1) is 88.6 Å². The minimum absolute atomic E-state index is 0.0318. The second-order valence-corrected chi connectivity index (χ2v) is 22.0. The average molecular weight is 1030 g/mol. The zero-order chi connectivity index (χ0) is 51.7. The van der Waals surface area contributed by atoms with E-state index in [4.69, 9.17) is 33.9 Å². The molecule has 4 amide bonds. The van der Waals surface area contributed by atoms with E-state index in [1.807, 2.05) is 68.8 Å². The molecule has 74 heavy (non-hydrogen) atoms. The Bertz CT molecular complexity index is 3210. The third-order valence-corrected chi connectivity index (χ3v) is 16.7. The second kappa shape index (κ2) is 19.2. The number of amides is 4. The topological polar surface area (TPSA) is 211 Å². The number of aromatic nitrogens is 6. The summed E-state index contributed by atoms with van der Waals surface area (Å²) in [7, 11) is 2.55. The van der Waals surface area contributed by atoms with Gasteiger partial charge in [-0.25, -0.2) is 28.9 Å². The molecule has 0 bridgehead atoms. The van der Waals surface area contributed by atoms with Crippen molar-refractivity contribution in [1.29, 1.82) is 0 Å². The Morgan fingerprint density at radius 3 is 2.16 bits per heavy atom. The van der Waals surface area contributed by atoms with E-state index in [9.17, 15) is 19.2 Å². The Kier molecular flexibility index (Phi) is 12.7. The van der Waals surface area contributed by atoms with Gasteiger partial charge in [0, 0.05) is 47.1 Å². The molecule has 2 aromatic carbocycles. The minimum Gasteiger partial charge on any atom is -0.496 e. The fourth-order valence-electron chi connectivity index (χ4n) is 11.3. The molecule has 11 rings (SSSR count). The second-order valence-electron chi connectivity index (χ2n) is 20.9. The summed E-state index contributed by atoms with van der Waals surface area (Å²) in [6.07, 6.45) is 10.7. The number of carbonyl (C=O) groups excluding carboxylic acids is 4. The lowest BCUT2D eigenvalue weighted by Gasteiger charge is -2.34. The molecule has 5 aliphatic rings. The fourth-order valence-corrected chi connectivity index (χ4v) is 12.4. The van der Waals surface area contributed by atoms with E-state index in [-0.39, 0.29) is 47.3 Å². The molecule has 18 nitrogen and oxygen atoms in total. The fraction of sp³-hybridized carbons (Fsp3) is 0.463. The highest BCUT2D eigenvalue weighted by molar-refractivity contribution is 7.11. The van der Waals surface area contributed by atoms with Crippen molar-refractivity contribution in [2.24, 2.45) is 11.8 Å². The first-order valence-corrected chi connectivity index (χ1v) is 26.3. The van der Waals surface area contributed by atoms with Gasteiger partial charge in [-0.15, -0.1) is 11.3 Å². The molecule has 4 unspecified atom stereocenters. The molecule has 0 radical (unpaired) electrons. The summed E-state index contributed by atoms with van der Waals surface area (Å²) in [4.78, 5) is 78.8. The van der Waals surface area contributed by atoms with Crippen LogP contribution in [0, 0.1) is 17.7 Å². The van der Waals surface area contributed by atoms with Gasteiger partial charge >= 0.3 is 12.2 Å². The van der Waals surface area contributed by atoms with E-state index in [1.54, 1.807) is 33.5 Å². The summed E-state index contributed by atoms with van der Waals surface area (Å²) in [6.45, 7) is 10.8. The maximum Gasteiger partial charge on any atom is 0.407 e. The number of hydrogen-bond donors (Lipinski definition) is 4. The van der Waals surface area contributed by atoms with Crippen LogP contribution in [0.15, 0.2) is 66.8 Å². The molecular weight excluding hydrogens is 968 g/mol. The van der Waals surface area contributed by atoms with Gasteiger partial charge in [-0.05, 0) is 101 Å². The summed E-state index contributed by atoms with van der Waals surface area (Å²) in [5.74, 6) is 0.909. The van der Waals surface area contributed by atoms with E-state index in [0.29, 0.717) is 78.0 Å². The van der Waals surface area contributed by atoms with Gasteiger partial charge in [0.15, 0.2) is 0 Å². The third-order valence-electron chi connectivity index (χ3n) is 15.4. The van der Waals surface area contributed by atoms with Gasteiger partial charge in [-0.3, -0.25) is 14.2 Å². The molecule has 4 N–H and O–H groups in total. The highest BCUT2D eigenvalue weighted by Gasteiger charge is 2.44. The molecule has 3 fully saturated rings. The van der Waals surface area contributed by atoms with Crippen LogP contribution in [-0.4, -0.2) is 109 Å². The third kappa shape index (κ3) is 8.93. The van der Waals surface area contributed by atoms with Gasteiger partial charge in [0.2, 0.25) is 18.0 Å². The first kappa shape index (κ1) is 49.0. The molecular formula is C54H61FN10O8S. The Labute approximate surface area is 431 Å². The van der Waals surface area contributed by atoms with Crippen LogP contribution < -0.4 is 15.4 Å². The number of carbonyl (C=O) groups is 4. The lowest BCUT2D eigenvalue weighted by molar-refractivity contribution is -0.136. The number of rotatable bonds is 12. The molecule has 4 aliphatic heterocycles. The highest BCUT2D eigenvalue weighted by atomic mass is 32.1. The SMILES string of the molecule is COC(=O)NC(C(=O)N1CCC[C@H]1c1ncc(-c2cc(F)c3c(c2)OC(c2cnc(C4(C)CC4)s2)n2c-3cc3cc(-c4cnc([C@@H]5CCCN5C(=O)C(NC(=O)OC)C5C=C(C)O[C@@H](C)C5)[nH]4)ccc32)[nH]1)C(C)C. The van der Waals surface area contributed by atoms with Crippen molar-refractivity contribution in [2.45, 2.75) is 121 Å². The van der Waals surface area contributed by atoms with Crippen molar-refractivity contribution in [3.05, 3.63) is 94.2 Å². The minimum atomic E-state index is -0.849. The van der Waals surface area contributed by atoms with Crippen molar-refractivity contribution < 1.29 is 42.5 Å². The predicted octanol–water partition coefficient (Wildman–Crippen LogP) is 9.44. The molecule has 8 heterocycles. The van der Waals surface area contributed by atoms with Crippen molar-refractivity contribution in [1.82, 2.24) is 49.9 Å². The Balaban J connectivity index is 0.903. The number of allylic oxidation sites excluding steroid dienone is 1. The number of nitrogens with zero attached hydrogens (tertiary/aromatic N) is 6. The summed E-state index contributed by atoms with van der Waals surface area (Å²) >= 11 is 1.62. The van der Waals surface area contributed by atoms with Crippen LogP contribution in [0.5, 0.6) is 5.75 Å². The predicted molar refractivity (Wildman–Crippen MR) is 273 cm³/mol. The molecule has 4 aromatic heterocycles. The van der Waals surface area contributed by atoms with Crippen molar-refractivity contribution in [3.8, 4) is 39.5 Å². The van der Waals surface area contributed by atoms with Gasteiger partial charge in [-0.1, -0.05) is 26.8 Å². The van der Waals surface area contributed by atoms with E-state index in [0.717, 1.165) is 57.7 Å². The lowest BCUT2D eigenvalue weighted by atomic mass is 9.90. The Hall–Kier alpha value is -7.22. The normalized spacial score (nSPS) is 22.6. The quantitative estimate of drug-likeness (QED) is 0.0907. The number of halogens is 1. The standard InChI is InChI=1S/C54H61FN10O8S/c1-27(2)44(61-52(68)70-6)48(66)63-16-8-10-38(63)47-57-25-36(60-47)31-21-34(55)43-40-22-32-20-30(12-13-37(32)65(40)50(73-41(43)23-31)42-26-58-51(74-42)54(5)14-15-54)35-24-56-46(59-35)39-11-9-17-64(39)49(67)45(62-53(69)71-7)33-18-28(3)72-29(4)19-33/h12-13,18,20-27,29,33,38-39,44-45,50H,8-11,14-17,19H2,1-7H3,(H,56,59)(H,57,60)(H,61,68)(H,62,69)/t29-,33?,38-,39-,44?,45?,50?/m0/s1. The number of alkyl carbamates (subject to hydrolysis) is 2. The Morgan fingerprint density at radius 2 is 1.51 bits per heavy atom. The van der Waals surface area contributed by atoms with Crippen molar-refractivity contribution >= 4 is 46.2 Å². The lowest BCUT2D eigenvalue weighted by Crippen LogP contribution is -2.52. The molecule has 20 heteroatoms. The number of likely N-dealkylation sites (tertiary alicyclic amines) is 2. The zero-order valence-corrected chi connectivity index (χ0v) is 43.3. The summed E-state index contributed by atoms with van der Waals surface area (Å²) in [6, 6.07) is 9.05. The number of nitrogens with one attached hydrogen (secondary N) is 4. The molecule has 1 aliphatic carbocycles. The van der Waals surface area contributed by atoms with Crippen molar-refractivity contribution in [2.75, 3.05) is 27.3 Å². The molecule has 0 spiro atoms. The zero-order valence-electron chi connectivity index (χ0n) is 42.5. The number of ether oxygens (including phenoxy) is 4. The van der Waals surface area contributed by atoms with Crippen LogP contribution in [0.1, 0.15) is 119 Å². The van der Waals surface area contributed by atoms with E-state index < -0.39 is 36.3 Å². The van der Waals surface area contributed by atoms with Gasteiger partial charge < -0.3 is 49.3 Å². The van der Waals surface area contributed by atoms with E-state index in [2.05, 4.69) is 33.6 Å². The first-order chi connectivity index (χ1) is 35.6. The number of aromatic amines is 2. The van der Waals surface area contributed by atoms with Crippen LogP contribution >= 0.6 is 11.3 Å². The van der Waals surface area contributed by atoms with E-state index >= 15 is 4.39 Å². The van der Waals surface area contributed by atoms with Crippen LogP contribution in [0.2, 0.25) is 0 Å². The number of H-pyrrole nitrogens is 2. The molecule has 7 atom stereocenters. The molecule has 388 valence electrons. The number of imidazole rings is 2. The van der Waals surface area contributed by atoms with Crippen LogP contribution in [0.25, 0.3) is 44.7 Å². The van der Waals surface area contributed by atoms with Crippen LogP contribution in [0.3, 0.4) is 0 Å². The highest BCUT2D eigenvalue weighted by Crippen LogP contribution is 2.52. The van der Waals surface area contributed by atoms with Gasteiger partial charge in [0.1, 0.15) is 35.3 Å². The maximum atomic E-state index is 17.0.